The fourth-order valence-electron chi connectivity index (χ4n) is 1.63. The SMILES string of the molecule is COc1ncccc1CNCCc1ccsc1. The lowest BCUT2D eigenvalue weighted by Crippen LogP contribution is -2.17. The lowest BCUT2D eigenvalue weighted by atomic mass is 10.2. The van der Waals surface area contributed by atoms with Crippen LogP contribution in [0.4, 0.5) is 0 Å². The van der Waals surface area contributed by atoms with Crippen molar-refractivity contribution in [1.29, 1.82) is 0 Å². The Morgan fingerprint density at radius 3 is 3.12 bits per heavy atom. The van der Waals surface area contributed by atoms with Gasteiger partial charge < -0.3 is 10.1 Å². The van der Waals surface area contributed by atoms with E-state index in [2.05, 4.69) is 27.1 Å². The molecule has 0 aliphatic carbocycles. The molecule has 4 heteroatoms. The first-order chi connectivity index (χ1) is 8.40. The Morgan fingerprint density at radius 1 is 1.41 bits per heavy atom. The van der Waals surface area contributed by atoms with E-state index in [1.165, 1.54) is 5.56 Å². The maximum Gasteiger partial charge on any atom is 0.217 e. The summed E-state index contributed by atoms with van der Waals surface area (Å²) in [6.45, 7) is 1.76. The van der Waals surface area contributed by atoms with Crippen LogP contribution in [0.1, 0.15) is 11.1 Å². The van der Waals surface area contributed by atoms with Gasteiger partial charge in [0.25, 0.3) is 0 Å². The molecule has 17 heavy (non-hydrogen) atoms. The van der Waals surface area contributed by atoms with E-state index < -0.39 is 0 Å². The summed E-state index contributed by atoms with van der Waals surface area (Å²) in [4.78, 5) is 4.17. The van der Waals surface area contributed by atoms with E-state index in [0.717, 1.165) is 25.1 Å². The molecule has 0 radical (unpaired) electrons. The molecule has 0 fully saturated rings. The van der Waals surface area contributed by atoms with E-state index in [9.17, 15) is 0 Å². The molecule has 2 rings (SSSR count). The number of rotatable bonds is 6. The number of thiophene rings is 1. The minimum absolute atomic E-state index is 0.704. The Morgan fingerprint density at radius 2 is 2.35 bits per heavy atom. The third-order valence-electron chi connectivity index (χ3n) is 2.53. The molecule has 2 aromatic rings. The highest BCUT2D eigenvalue weighted by molar-refractivity contribution is 7.07. The number of hydrogen-bond acceptors (Lipinski definition) is 4. The summed E-state index contributed by atoms with van der Waals surface area (Å²) < 4.78 is 5.20. The van der Waals surface area contributed by atoms with Crippen LogP contribution in [-0.2, 0) is 13.0 Å². The predicted octanol–water partition coefficient (Wildman–Crippen LogP) is 2.48. The molecular weight excluding hydrogens is 232 g/mol. The van der Waals surface area contributed by atoms with E-state index >= 15 is 0 Å². The van der Waals surface area contributed by atoms with Gasteiger partial charge in [-0.05, 0) is 41.4 Å². The van der Waals surface area contributed by atoms with E-state index in [-0.39, 0.29) is 0 Å². The van der Waals surface area contributed by atoms with E-state index in [4.69, 9.17) is 4.74 Å². The smallest absolute Gasteiger partial charge is 0.217 e. The van der Waals surface area contributed by atoms with Crippen LogP contribution in [0.15, 0.2) is 35.2 Å². The number of ether oxygens (including phenoxy) is 1. The molecule has 0 unspecified atom stereocenters. The summed E-state index contributed by atoms with van der Waals surface area (Å²) >= 11 is 1.74. The number of nitrogens with one attached hydrogen (secondary N) is 1. The molecule has 2 heterocycles. The Balaban J connectivity index is 1.78. The molecule has 0 spiro atoms. The Labute approximate surface area is 105 Å². The largest absolute Gasteiger partial charge is 0.481 e. The van der Waals surface area contributed by atoms with Crippen molar-refractivity contribution in [1.82, 2.24) is 10.3 Å². The zero-order chi connectivity index (χ0) is 11.9. The molecule has 0 bridgehead atoms. The fourth-order valence-corrected chi connectivity index (χ4v) is 2.34. The van der Waals surface area contributed by atoms with Crippen LogP contribution in [-0.4, -0.2) is 18.6 Å². The fraction of sp³-hybridized carbons (Fsp3) is 0.308. The molecule has 1 N–H and O–H groups in total. The van der Waals surface area contributed by atoms with Gasteiger partial charge in [0.15, 0.2) is 0 Å². The van der Waals surface area contributed by atoms with Gasteiger partial charge in [-0.1, -0.05) is 6.07 Å². The van der Waals surface area contributed by atoms with Crippen LogP contribution in [0, 0.1) is 0 Å². The summed E-state index contributed by atoms with van der Waals surface area (Å²) in [5.41, 5.74) is 2.49. The molecule has 90 valence electrons. The predicted molar refractivity (Wildman–Crippen MR) is 70.5 cm³/mol. The first kappa shape index (κ1) is 12.1. The van der Waals surface area contributed by atoms with Gasteiger partial charge in [-0.25, -0.2) is 4.98 Å². The van der Waals surface area contributed by atoms with Crippen LogP contribution >= 0.6 is 11.3 Å². The lowest BCUT2D eigenvalue weighted by molar-refractivity contribution is 0.390. The summed E-state index contributed by atoms with van der Waals surface area (Å²) in [5.74, 6) is 0.704. The highest BCUT2D eigenvalue weighted by Gasteiger charge is 2.02. The van der Waals surface area contributed by atoms with Crippen LogP contribution in [0.3, 0.4) is 0 Å². The van der Waals surface area contributed by atoms with E-state index in [1.54, 1.807) is 24.6 Å². The molecule has 2 aromatic heterocycles. The van der Waals surface area contributed by atoms with Crippen molar-refractivity contribution >= 4 is 11.3 Å². The van der Waals surface area contributed by atoms with Crippen molar-refractivity contribution < 1.29 is 4.74 Å². The maximum absolute atomic E-state index is 5.20. The molecule has 0 saturated carbocycles. The second kappa shape index (κ2) is 6.37. The third kappa shape index (κ3) is 3.54. The molecule has 0 aromatic carbocycles. The summed E-state index contributed by atoms with van der Waals surface area (Å²) in [7, 11) is 1.65. The number of aromatic nitrogens is 1. The molecule has 0 atom stereocenters. The summed E-state index contributed by atoms with van der Waals surface area (Å²) in [6, 6.07) is 6.12. The van der Waals surface area contributed by atoms with Gasteiger partial charge in [0, 0.05) is 18.3 Å². The number of methoxy groups -OCH3 is 1. The number of pyridine rings is 1. The topological polar surface area (TPSA) is 34.1 Å². The highest BCUT2D eigenvalue weighted by Crippen LogP contribution is 2.12. The molecule has 3 nitrogen and oxygen atoms in total. The van der Waals surface area contributed by atoms with Crippen molar-refractivity contribution in [3.05, 3.63) is 46.3 Å². The molecule has 0 aliphatic rings. The molecule has 0 amide bonds. The van der Waals surface area contributed by atoms with Crippen molar-refractivity contribution in [3.63, 3.8) is 0 Å². The highest BCUT2D eigenvalue weighted by atomic mass is 32.1. The first-order valence-electron chi connectivity index (χ1n) is 5.60. The van der Waals surface area contributed by atoms with Gasteiger partial charge in [0.05, 0.1) is 7.11 Å². The maximum atomic E-state index is 5.20. The van der Waals surface area contributed by atoms with Crippen LogP contribution in [0.2, 0.25) is 0 Å². The zero-order valence-corrected chi connectivity index (χ0v) is 10.7. The minimum Gasteiger partial charge on any atom is -0.481 e. The normalized spacial score (nSPS) is 10.4. The second-order valence-electron chi connectivity index (χ2n) is 3.73. The standard InChI is InChI=1S/C13H16N2OS/c1-16-13-12(3-2-6-15-13)9-14-7-4-11-5-8-17-10-11/h2-3,5-6,8,10,14H,4,7,9H2,1H3. The molecular formula is C13H16N2OS. The summed E-state index contributed by atoms with van der Waals surface area (Å²) in [5, 5.41) is 7.70. The average Bonchev–Trinajstić information content (AvgIpc) is 2.88. The van der Waals surface area contributed by atoms with Crippen LogP contribution < -0.4 is 10.1 Å². The van der Waals surface area contributed by atoms with Crippen molar-refractivity contribution in [2.45, 2.75) is 13.0 Å². The Bertz CT molecular complexity index is 442. The van der Waals surface area contributed by atoms with Crippen molar-refractivity contribution in [2.24, 2.45) is 0 Å². The summed E-state index contributed by atoms with van der Waals surface area (Å²) in [6.07, 6.45) is 2.81. The minimum atomic E-state index is 0.704. The molecule has 0 saturated heterocycles. The first-order valence-corrected chi connectivity index (χ1v) is 6.54. The van der Waals surface area contributed by atoms with Gasteiger partial charge in [0.2, 0.25) is 5.88 Å². The van der Waals surface area contributed by atoms with Gasteiger partial charge >= 0.3 is 0 Å². The third-order valence-corrected chi connectivity index (χ3v) is 3.26. The van der Waals surface area contributed by atoms with E-state index in [1.807, 2.05) is 12.1 Å². The van der Waals surface area contributed by atoms with Crippen molar-refractivity contribution in [2.75, 3.05) is 13.7 Å². The quantitative estimate of drug-likeness (QED) is 0.797. The Hall–Kier alpha value is -1.39. The molecule has 0 aliphatic heterocycles. The second-order valence-corrected chi connectivity index (χ2v) is 4.51. The van der Waals surface area contributed by atoms with Crippen molar-refractivity contribution in [3.8, 4) is 5.88 Å². The van der Waals surface area contributed by atoms with Gasteiger partial charge in [-0.15, -0.1) is 0 Å². The number of nitrogens with zero attached hydrogens (tertiary/aromatic N) is 1. The van der Waals surface area contributed by atoms with Crippen LogP contribution in [0.25, 0.3) is 0 Å². The monoisotopic (exact) mass is 248 g/mol. The van der Waals surface area contributed by atoms with Gasteiger partial charge in [0.1, 0.15) is 0 Å². The average molecular weight is 248 g/mol. The lowest BCUT2D eigenvalue weighted by Gasteiger charge is -2.07. The van der Waals surface area contributed by atoms with Crippen LogP contribution in [0.5, 0.6) is 5.88 Å². The van der Waals surface area contributed by atoms with E-state index in [0.29, 0.717) is 5.88 Å². The van der Waals surface area contributed by atoms with Gasteiger partial charge in [-0.2, -0.15) is 11.3 Å². The Kier molecular flexibility index (Phi) is 4.53. The number of hydrogen-bond donors (Lipinski definition) is 1. The van der Waals surface area contributed by atoms with Gasteiger partial charge in [-0.3, -0.25) is 0 Å². The zero-order valence-electron chi connectivity index (χ0n) is 9.85.